The maximum Gasteiger partial charge on any atom is 0.105 e. The Morgan fingerprint density at radius 2 is 1.93 bits per heavy atom. The van der Waals surface area contributed by atoms with Crippen LogP contribution in [0.5, 0.6) is 0 Å². The Hall–Kier alpha value is -1.37. The summed E-state index contributed by atoms with van der Waals surface area (Å²) in [6.07, 6.45) is -0.0623. The predicted molar refractivity (Wildman–Crippen MR) is 52.8 cm³/mol. The van der Waals surface area contributed by atoms with E-state index in [0.717, 1.165) is 5.56 Å². The quantitative estimate of drug-likeness (QED) is 0.729. The van der Waals surface area contributed by atoms with Gasteiger partial charge in [-0.1, -0.05) is 12.1 Å². The van der Waals surface area contributed by atoms with E-state index in [2.05, 4.69) is 6.07 Å². The van der Waals surface area contributed by atoms with Gasteiger partial charge in [0.05, 0.1) is 18.2 Å². The molecule has 3 heteroatoms. The topological polar surface area (TPSA) is 42.2 Å². The molecule has 1 rings (SSSR count). The fraction of sp³-hybridized carbons (Fsp3) is 0.364. The predicted octanol–water partition coefficient (Wildman–Crippen LogP) is 1.89. The summed E-state index contributed by atoms with van der Waals surface area (Å²) in [5.41, 5.74) is 1.68. The fourth-order valence-electron chi connectivity index (χ4n) is 1.22. The maximum atomic E-state index is 8.62. The third-order valence-electron chi connectivity index (χ3n) is 2.01. The van der Waals surface area contributed by atoms with Crippen molar-refractivity contribution in [2.75, 3.05) is 20.8 Å². The monoisotopic (exact) mass is 191 g/mol. The molecule has 0 aromatic heterocycles. The Morgan fingerprint density at radius 1 is 1.29 bits per heavy atom. The molecule has 1 aromatic carbocycles. The largest absolute Gasteiger partial charge is 0.382 e. The highest BCUT2D eigenvalue weighted by Crippen LogP contribution is 2.17. The van der Waals surface area contributed by atoms with Crippen LogP contribution >= 0.6 is 0 Å². The molecule has 0 heterocycles. The number of hydrogen-bond donors (Lipinski definition) is 0. The van der Waals surface area contributed by atoms with Crippen LogP contribution in [0.25, 0.3) is 0 Å². The summed E-state index contributed by atoms with van der Waals surface area (Å²) in [6.45, 7) is 0.516. The molecule has 0 aliphatic heterocycles. The lowest BCUT2D eigenvalue weighted by Gasteiger charge is -2.14. The summed E-state index contributed by atoms with van der Waals surface area (Å²) in [4.78, 5) is 0. The zero-order valence-corrected chi connectivity index (χ0v) is 8.36. The summed E-state index contributed by atoms with van der Waals surface area (Å²) >= 11 is 0. The Bertz CT molecular complexity index is 313. The molecule has 0 spiro atoms. The van der Waals surface area contributed by atoms with Crippen molar-refractivity contribution in [3.63, 3.8) is 0 Å². The van der Waals surface area contributed by atoms with E-state index in [1.165, 1.54) is 0 Å². The van der Waals surface area contributed by atoms with Gasteiger partial charge in [-0.15, -0.1) is 0 Å². The van der Waals surface area contributed by atoms with Gasteiger partial charge < -0.3 is 9.47 Å². The van der Waals surface area contributed by atoms with E-state index in [-0.39, 0.29) is 6.10 Å². The fourth-order valence-corrected chi connectivity index (χ4v) is 1.22. The molecule has 74 valence electrons. The van der Waals surface area contributed by atoms with Crippen LogP contribution in [0.15, 0.2) is 24.3 Å². The Labute approximate surface area is 83.9 Å². The summed E-state index contributed by atoms with van der Waals surface area (Å²) in [5.74, 6) is 0. The third-order valence-corrected chi connectivity index (χ3v) is 2.01. The van der Waals surface area contributed by atoms with Gasteiger partial charge in [-0.2, -0.15) is 5.26 Å². The van der Waals surface area contributed by atoms with Gasteiger partial charge in [0.25, 0.3) is 0 Å². The van der Waals surface area contributed by atoms with Crippen molar-refractivity contribution in [2.45, 2.75) is 6.10 Å². The van der Waals surface area contributed by atoms with Crippen LogP contribution < -0.4 is 0 Å². The highest BCUT2D eigenvalue weighted by molar-refractivity contribution is 5.32. The average Bonchev–Trinajstić information content (AvgIpc) is 2.26. The molecule has 0 saturated carbocycles. The van der Waals surface area contributed by atoms with Crippen molar-refractivity contribution in [3.05, 3.63) is 35.4 Å². The lowest BCUT2D eigenvalue weighted by Crippen LogP contribution is -2.08. The first-order valence-corrected chi connectivity index (χ1v) is 4.33. The van der Waals surface area contributed by atoms with Gasteiger partial charge in [0.15, 0.2) is 0 Å². The summed E-state index contributed by atoms with van der Waals surface area (Å²) in [5, 5.41) is 8.62. The Morgan fingerprint density at radius 3 is 2.36 bits per heavy atom. The smallest absolute Gasteiger partial charge is 0.105 e. The highest BCUT2D eigenvalue weighted by Gasteiger charge is 2.09. The Balaban J connectivity index is 2.79. The van der Waals surface area contributed by atoms with Crippen molar-refractivity contribution < 1.29 is 9.47 Å². The van der Waals surface area contributed by atoms with Crippen LogP contribution in [0.1, 0.15) is 17.2 Å². The van der Waals surface area contributed by atoms with Crippen molar-refractivity contribution >= 4 is 0 Å². The number of nitrogens with zero attached hydrogens (tertiary/aromatic N) is 1. The molecule has 1 aromatic rings. The van der Waals surface area contributed by atoms with Crippen LogP contribution in [0.2, 0.25) is 0 Å². The van der Waals surface area contributed by atoms with Crippen LogP contribution in [0.4, 0.5) is 0 Å². The van der Waals surface area contributed by atoms with E-state index in [4.69, 9.17) is 14.7 Å². The second-order valence-corrected chi connectivity index (χ2v) is 2.91. The van der Waals surface area contributed by atoms with Gasteiger partial charge in [0, 0.05) is 14.2 Å². The molecule has 0 aliphatic rings. The molecule has 0 radical (unpaired) electrons. The molecular formula is C11H13NO2. The highest BCUT2D eigenvalue weighted by atomic mass is 16.5. The minimum Gasteiger partial charge on any atom is -0.382 e. The van der Waals surface area contributed by atoms with Crippen molar-refractivity contribution in [1.29, 1.82) is 5.26 Å². The van der Waals surface area contributed by atoms with Crippen molar-refractivity contribution in [2.24, 2.45) is 0 Å². The number of nitriles is 1. The molecule has 1 unspecified atom stereocenters. The van der Waals surface area contributed by atoms with Crippen LogP contribution in [-0.2, 0) is 9.47 Å². The first-order chi connectivity index (χ1) is 6.81. The van der Waals surface area contributed by atoms with Gasteiger partial charge in [-0.05, 0) is 17.7 Å². The molecule has 0 amide bonds. The first kappa shape index (κ1) is 10.7. The van der Waals surface area contributed by atoms with E-state index in [1.807, 2.05) is 12.1 Å². The normalized spacial score (nSPS) is 12.1. The number of methoxy groups -OCH3 is 2. The van der Waals surface area contributed by atoms with Gasteiger partial charge >= 0.3 is 0 Å². The average molecular weight is 191 g/mol. The molecule has 3 nitrogen and oxygen atoms in total. The van der Waals surface area contributed by atoms with Crippen molar-refractivity contribution in [3.8, 4) is 6.07 Å². The summed E-state index contributed by atoms with van der Waals surface area (Å²) < 4.78 is 10.3. The number of rotatable bonds is 4. The zero-order chi connectivity index (χ0) is 10.4. The van der Waals surface area contributed by atoms with E-state index >= 15 is 0 Å². The van der Waals surface area contributed by atoms with E-state index in [1.54, 1.807) is 26.4 Å². The van der Waals surface area contributed by atoms with E-state index in [0.29, 0.717) is 12.2 Å². The van der Waals surface area contributed by atoms with E-state index < -0.39 is 0 Å². The molecule has 0 saturated heterocycles. The summed E-state index contributed by atoms with van der Waals surface area (Å²) in [7, 11) is 3.28. The number of benzene rings is 1. The molecular weight excluding hydrogens is 178 g/mol. The van der Waals surface area contributed by atoms with Gasteiger partial charge in [0.1, 0.15) is 6.10 Å². The molecule has 1 atom stereocenters. The van der Waals surface area contributed by atoms with E-state index in [9.17, 15) is 0 Å². The third kappa shape index (κ3) is 2.56. The van der Waals surface area contributed by atoms with Gasteiger partial charge in [-0.3, -0.25) is 0 Å². The molecule has 0 N–H and O–H groups in total. The molecule has 0 fully saturated rings. The van der Waals surface area contributed by atoms with Crippen LogP contribution in [0, 0.1) is 11.3 Å². The maximum absolute atomic E-state index is 8.62. The zero-order valence-electron chi connectivity index (χ0n) is 8.36. The van der Waals surface area contributed by atoms with Crippen LogP contribution in [0.3, 0.4) is 0 Å². The first-order valence-electron chi connectivity index (χ1n) is 4.33. The Kier molecular flexibility index (Phi) is 4.11. The van der Waals surface area contributed by atoms with Gasteiger partial charge in [0.2, 0.25) is 0 Å². The molecule has 14 heavy (non-hydrogen) atoms. The van der Waals surface area contributed by atoms with Gasteiger partial charge in [-0.25, -0.2) is 0 Å². The molecule has 0 bridgehead atoms. The minimum absolute atomic E-state index is 0.0623. The van der Waals surface area contributed by atoms with Crippen molar-refractivity contribution in [1.82, 2.24) is 0 Å². The minimum atomic E-state index is -0.0623. The number of ether oxygens (including phenoxy) is 2. The SMILES string of the molecule is COCC(OC)c1ccc(C#N)cc1. The second-order valence-electron chi connectivity index (χ2n) is 2.91. The standard InChI is InChI=1S/C11H13NO2/c1-13-8-11(14-2)10-5-3-9(7-12)4-6-10/h3-6,11H,8H2,1-2H3. The van der Waals surface area contributed by atoms with Crippen LogP contribution in [-0.4, -0.2) is 20.8 Å². The lowest BCUT2D eigenvalue weighted by atomic mass is 10.1. The number of hydrogen-bond acceptors (Lipinski definition) is 3. The lowest BCUT2D eigenvalue weighted by molar-refractivity contribution is 0.0275. The molecule has 0 aliphatic carbocycles. The summed E-state index contributed by atoms with van der Waals surface area (Å²) in [6, 6.07) is 9.38. The second kappa shape index (κ2) is 5.38.